The zero-order chi connectivity index (χ0) is 20.9. The Morgan fingerprint density at radius 1 is 1.10 bits per heavy atom. The highest BCUT2D eigenvalue weighted by atomic mass is 127. The highest BCUT2D eigenvalue weighted by molar-refractivity contribution is 14.0. The summed E-state index contributed by atoms with van der Waals surface area (Å²) in [5.74, 6) is 2.13. The number of halogens is 1. The van der Waals surface area contributed by atoms with Gasteiger partial charge in [-0.15, -0.1) is 24.0 Å². The molecule has 2 fully saturated rings. The number of hydrogen-bond donors (Lipinski definition) is 1. The Balaban J connectivity index is 0.00000320. The number of rotatable bonds is 3. The lowest BCUT2D eigenvalue weighted by atomic mass is 9.97. The van der Waals surface area contributed by atoms with Crippen LogP contribution >= 0.6 is 24.0 Å². The predicted octanol–water partition coefficient (Wildman–Crippen LogP) is 4.32. The van der Waals surface area contributed by atoms with Crippen LogP contribution in [0.5, 0.6) is 0 Å². The molecular weight excluding hydrogens is 491 g/mol. The summed E-state index contributed by atoms with van der Waals surface area (Å²) in [5, 5.41) is 3.58. The smallest absolute Gasteiger partial charge is 0.410 e. The van der Waals surface area contributed by atoms with Gasteiger partial charge < -0.3 is 19.9 Å². The van der Waals surface area contributed by atoms with Crippen LogP contribution in [-0.4, -0.2) is 67.2 Å². The van der Waals surface area contributed by atoms with Crippen LogP contribution in [0.3, 0.4) is 0 Å². The highest BCUT2D eigenvalue weighted by Gasteiger charge is 2.29. The van der Waals surface area contributed by atoms with E-state index in [0.717, 1.165) is 51.5 Å². The minimum absolute atomic E-state index is 0. The Labute approximate surface area is 198 Å². The van der Waals surface area contributed by atoms with Crippen molar-refractivity contribution in [1.82, 2.24) is 15.1 Å². The third-order valence-electron chi connectivity index (χ3n) is 5.79. The number of amides is 1. The van der Waals surface area contributed by atoms with E-state index in [9.17, 15) is 4.79 Å². The molecule has 1 aromatic rings. The van der Waals surface area contributed by atoms with Crippen LogP contribution in [0.15, 0.2) is 35.3 Å². The molecule has 2 aliphatic rings. The van der Waals surface area contributed by atoms with Gasteiger partial charge in [-0.1, -0.05) is 30.3 Å². The molecule has 3 rings (SSSR count). The van der Waals surface area contributed by atoms with Gasteiger partial charge in [0.2, 0.25) is 0 Å². The maximum atomic E-state index is 12.2. The topological polar surface area (TPSA) is 57.2 Å². The molecule has 0 aliphatic carbocycles. The molecule has 168 valence electrons. The molecule has 30 heavy (non-hydrogen) atoms. The first-order chi connectivity index (χ1) is 13.9. The van der Waals surface area contributed by atoms with Crippen LogP contribution in [-0.2, 0) is 4.74 Å². The molecule has 0 saturated carbocycles. The number of nitrogens with one attached hydrogen (secondary N) is 1. The van der Waals surface area contributed by atoms with Gasteiger partial charge in [0.15, 0.2) is 5.96 Å². The lowest BCUT2D eigenvalue weighted by molar-refractivity contribution is 0.0185. The van der Waals surface area contributed by atoms with Crippen molar-refractivity contribution in [3.63, 3.8) is 0 Å². The van der Waals surface area contributed by atoms with Crippen molar-refractivity contribution in [1.29, 1.82) is 0 Å². The van der Waals surface area contributed by atoms with Crippen molar-refractivity contribution in [3.8, 4) is 0 Å². The van der Waals surface area contributed by atoms with Gasteiger partial charge in [0.25, 0.3) is 0 Å². The number of carbonyl (C=O) groups is 1. The van der Waals surface area contributed by atoms with Crippen LogP contribution in [0.2, 0.25) is 0 Å². The van der Waals surface area contributed by atoms with Crippen LogP contribution in [0, 0.1) is 5.92 Å². The van der Waals surface area contributed by atoms with Gasteiger partial charge >= 0.3 is 6.09 Å². The number of nitrogens with zero attached hydrogens (tertiary/aromatic N) is 3. The van der Waals surface area contributed by atoms with Gasteiger partial charge in [-0.05, 0) is 51.5 Å². The monoisotopic (exact) mass is 528 g/mol. The Morgan fingerprint density at radius 3 is 2.33 bits per heavy atom. The lowest BCUT2D eigenvalue weighted by Gasteiger charge is -2.34. The van der Waals surface area contributed by atoms with Crippen LogP contribution in [0.4, 0.5) is 4.79 Å². The summed E-state index contributed by atoms with van der Waals surface area (Å²) in [7, 11) is 1.86. The van der Waals surface area contributed by atoms with Gasteiger partial charge in [-0.25, -0.2) is 4.79 Å². The molecule has 1 unspecified atom stereocenters. The van der Waals surface area contributed by atoms with E-state index in [1.165, 1.54) is 12.0 Å². The van der Waals surface area contributed by atoms with E-state index in [1.807, 2.05) is 32.7 Å². The van der Waals surface area contributed by atoms with E-state index >= 15 is 0 Å². The van der Waals surface area contributed by atoms with E-state index in [4.69, 9.17) is 4.74 Å². The van der Waals surface area contributed by atoms with Gasteiger partial charge in [-0.2, -0.15) is 0 Å². The van der Waals surface area contributed by atoms with Crippen molar-refractivity contribution >= 4 is 36.0 Å². The van der Waals surface area contributed by atoms with E-state index in [-0.39, 0.29) is 30.1 Å². The first-order valence-corrected chi connectivity index (χ1v) is 10.8. The molecule has 2 saturated heterocycles. The minimum Gasteiger partial charge on any atom is -0.444 e. The zero-order valence-electron chi connectivity index (χ0n) is 18.8. The average molecular weight is 528 g/mol. The first-order valence-electron chi connectivity index (χ1n) is 10.8. The second-order valence-electron chi connectivity index (χ2n) is 9.18. The summed E-state index contributed by atoms with van der Waals surface area (Å²) in [6.07, 6.45) is 2.97. The fourth-order valence-corrected chi connectivity index (χ4v) is 4.16. The van der Waals surface area contributed by atoms with Crippen molar-refractivity contribution in [2.45, 2.75) is 51.6 Å². The third kappa shape index (κ3) is 7.03. The quantitative estimate of drug-likeness (QED) is 0.361. The number of hydrogen-bond acceptors (Lipinski definition) is 3. The maximum Gasteiger partial charge on any atom is 0.410 e. The summed E-state index contributed by atoms with van der Waals surface area (Å²) in [6, 6.07) is 10.8. The molecule has 1 aromatic carbocycles. The lowest BCUT2D eigenvalue weighted by Crippen LogP contribution is -2.46. The summed E-state index contributed by atoms with van der Waals surface area (Å²) in [6.45, 7) is 10.2. The van der Waals surface area contributed by atoms with E-state index in [1.54, 1.807) is 0 Å². The van der Waals surface area contributed by atoms with E-state index < -0.39 is 5.60 Å². The number of piperidine rings is 1. The van der Waals surface area contributed by atoms with Gasteiger partial charge in [0.1, 0.15) is 5.60 Å². The van der Waals surface area contributed by atoms with Gasteiger partial charge in [0.05, 0.1) is 0 Å². The Bertz CT molecular complexity index is 697. The molecule has 0 spiro atoms. The molecule has 7 heteroatoms. The number of aliphatic imine (C=N–C) groups is 1. The maximum absolute atomic E-state index is 12.2. The van der Waals surface area contributed by atoms with Crippen molar-refractivity contribution < 1.29 is 9.53 Å². The summed E-state index contributed by atoms with van der Waals surface area (Å²) in [4.78, 5) is 20.9. The minimum atomic E-state index is -0.435. The van der Waals surface area contributed by atoms with Crippen molar-refractivity contribution in [2.24, 2.45) is 10.9 Å². The summed E-state index contributed by atoms with van der Waals surface area (Å²) in [5.41, 5.74) is 0.981. The predicted molar refractivity (Wildman–Crippen MR) is 133 cm³/mol. The van der Waals surface area contributed by atoms with Gasteiger partial charge in [-0.3, -0.25) is 4.99 Å². The van der Waals surface area contributed by atoms with Crippen LogP contribution in [0.25, 0.3) is 0 Å². The molecule has 0 aromatic heterocycles. The molecule has 2 heterocycles. The number of ether oxygens (including phenoxy) is 1. The normalized spacial score (nSPS) is 20.7. The summed E-state index contributed by atoms with van der Waals surface area (Å²) < 4.78 is 5.49. The highest BCUT2D eigenvalue weighted by Crippen LogP contribution is 2.27. The SMILES string of the molecule is CN=C(NCC1CCN(C(=O)OC(C)(C)C)CC1)N1CCC(c2ccccc2)C1.I. The zero-order valence-corrected chi connectivity index (χ0v) is 21.1. The standard InChI is InChI=1S/C23H36N4O2.HI/c1-23(2,3)29-22(28)26-13-10-18(11-14-26)16-25-21(24-4)27-15-12-20(17-27)19-8-6-5-7-9-19;/h5-9,18,20H,10-17H2,1-4H3,(H,24,25);1H. The fourth-order valence-electron chi connectivity index (χ4n) is 4.16. The Kier molecular flexibility index (Phi) is 9.25. The largest absolute Gasteiger partial charge is 0.444 e. The average Bonchev–Trinajstić information content (AvgIpc) is 3.18. The van der Waals surface area contributed by atoms with Crippen molar-refractivity contribution in [2.75, 3.05) is 39.8 Å². The van der Waals surface area contributed by atoms with Crippen LogP contribution in [0.1, 0.15) is 51.5 Å². The Morgan fingerprint density at radius 2 is 1.73 bits per heavy atom. The number of carbonyl (C=O) groups excluding carboxylic acids is 1. The molecule has 1 amide bonds. The van der Waals surface area contributed by atoms with Crippen LogP contribution < -0.4 is 5.32 Å². The molecule has 1 atom stereocenters. The molecular formula is C23H37IN4O2. The van der Waals surface area contributed by atoms with Crippen molar-refractivity contribution in [3.05, 3.63) is 35.9 Å². The van der Waals surface area contributed by atoms with E-state index in [2.05, 4.69) is 45.5 Å². The first kappa shape index (κ1) is 24.8. The molecule has 0 radical (unpaired) electrons. The molecule has 6 nitrogen and oxygen atoms in total. The second-order valence-corrected chi connectivity index (χ2v) is 9.18. The number of benzene rings is 1. The molecule has 2 aliphatic heterocycles. The fraction of sp³-hybridized carbons (Fsp3) is 0.652. The Hall–Kier alpha value is -1.51. The summed E-state index contributed by atoms with van der Waals surface area (Å²) >= 11 is 0. The molecule has 1 N–H and O–H groups in total. The number of guanidine groups is 1. The molecule has 0 bridgehead atoms. The van der Waals surface area contributed by atoms with E-state index in [0.29, 0.717) is 11.8 Å². The third-order valence-corrected chi connectivity index (χ3v) is 5.79. The second kappa shape index (κ2) is 11.2. The number of likely N-dealkylation sites (tertiary alicyclic amines) is 2. The van der Waals surface area contributed by atoms with Gasteiger partial charge in [0, 0.05) is 45.7 Å².